The molecule has 1 unspecified atom stereocenters. The van der Waals surface area contributed by atoms with Gasteiger partial charge in [0.25, 0.3) is 0 Å². The normalized spacial score (nSPS) is 28.2. The first-order valence-electron chi connectivity index (χ1n) is 7.94. The minimum atomic E-state index is 0.278. The molecule has 2 heteroatoms. The Labute approximate surface area is 113 Å². The van der Waals surface area contributed by atoms with Crippen molar-refractivity contribution in [3.63, 3.8) is 0 Å². The Morgan fingerprint density at radius 3 is 2.28 bits per heavy atom. The van der Waals surface area contributed by atoms with E-state index in [0.29, 0.717) is 11.5 Å². The van der Waals surface area contributed by atoms with Crippen LogP contribution in [0.4, 0.5) is 0 Å². The van der Waals surface area contributed by atoms with Crippen molar-refractivity contribution in [1.29, 1.82) is 0 Å². The summed E-state index contributed by atoms with van der Waals surface area (Å²) >= 11 is 0. The summed E-state index contributed by atoms with van der Waals surface area (Å²) in [6.45, 7) is 5.53. The van der Waals surface area contributed by atoms with Gasteiger partial charge >= 0.3 is 0 Å². The SMILES string of the molecule is CC1(C)CCC(OCC(N)C2CCCCC2)CC1. The molecule has 2 nitrogen and oxygen atoms in total. The van der Waals surface area contributed by atoms with E-state index in [-0.39, 0.29) is 6.04 Å². The lowest BCUT2D eigenvalue weighted by Gasteiger charge is -2.35. The summed E-state index contributed by atoms with van der Waals surface area (Å²) in [5.74, 6) is 0.721. The van der Waals surface area contributed by atoms with Crippen LogP contribution in [-0.2, 0) is 4.74 Å². The molecule has 0 aromatic heterocycles. The Morgan fingerprint density at radius 2 is 1.67 bits per heavy atom. The van der Waals surface area contributed by atoms with Gasteiger partial charge in [-0.25, -0.2) is 0 Å². The summed E-state index contributed by atoms with van der Waals surface area (Å²) in [4.78, 5) is 0. The Balaban J connectivity index is 1.65. The average molecular weight is 253 g/mol. The highest BCUT2D eigenvalue weighted by Crippen LogP contribution is 2.36. The summed E-state index contributed by atoms with van der Waals surface area (Å²) < 4.78 is 6.07. The van der Waals surface area contributed by atoms with Gasteiger partial charge in [0, 0.05) is 6.04 Å². The Morgan fingerprint density at radius 1 is 1.06 bits per heavy atom. The van der Waals surface area contributed by atoms with E-state index in [2.05, 4.69) is 13.8 Å². The van der Waals surface area contributed by atoms with Gasteiger partial charge in [-0.05, 0) is 49.9 Å². The fraction of sp³-hybridized carbons (Fsp3) is 1.00. The van der Waals surface area contributed by atoms with Crippen LogP contribution in [0.15, 0.2) is 0 Å². The maximum absolute atomic E-state index is 6.29. The second-order valence-corrected chi connectivity index (χ2v) is 7.26. The molecule has 2 rings (SSSR count). The molecule has 0 amide bonds. The first-order chi connectivity index (χ1) is 8.57. The van der Waals surface area contributed by atoms with Gasteiger partial charge in [0.05, 0.1) is 12.7 Å². The van der Waals surface area contributed by atoms with E-state index < -0.39 is 0 Å². The number of hydrogen-bond acceptors (Lipinski definition) is 2. The molecule has 2 aliphatic carbocycles. The topological polar surface area (TPSA) is 35.2 Å². The van der Waals surface area contributed by atoms with Gasteiger partial charge in [-0.2, -0.15) is 0 Å². The van der Waals surface area contributed by atoms with Gasteiger partial charge in [0.1, 0.15) is 0 Å². The van der Waals surface area contributed by atoms with Crippen molar-refractivity contribution in [2.45, 2.75) is 83.8 Å². The molecule has 2 N–H and O–H groups in total. The van der Waals surface area contributed by atoms with Crippen molar-refractivity contribution in [3.05, 3.63) is 0 Å². The van der Waals surface area contributed by atoms with E-state index >= 15 is 0 Å². The molecule has 106 valence electrons. The third kappa shape index (κ3) is 4.24. The summed E-state index contributed by atoms with van der Waals surface area (Å²) in [5, 5.41) is 0. The Bertz CT molecular complexity index is 235. The lowest BCUT2D eigenvalue weighted by molar-refractivity contribution is -0.00947. The highest BCUT2D eigenvalue weighted by molar-refractivity contribution is 4.80. The van der Waals surface area contributed by atoms with Gasteiger partial charge in [0.2, 0.25) is 0 Å². The van der Waals surface area contributed by atoms with Crippen molar-refractivity contribution in [1.82, 2.24) is 0 Å². The second-order valence-electron chi connectivity index (χ2n) is 7.26. The molecular formula is C16H31NO. The monoisotopic (exact) mass is 253 g/mol. The molecule has 0 bridgehead atoms. The van der Waals surface area contributed by atoms with Crippen LogP contribution in [-0.4, -0.2) is 18.8 Å². The largest absolute Gasteiger partial charge is 0.377 e. The van der Waals surface area contributed by atoms with E-state index in [4.69, 9.17) is 10.5 Å². The highest BCUT2D eigenvalue weighted by atomic mass is 16.5. The number of rotatable bonds is 4. The predicted molar refractivity (Wildman–Crippen MR) is 76.5 cm³/mol. The lowest BCUT2D eigenvalue weighted by atomic mass is 9.76. The van der Waals surface area contributed by atoms with Crippen LogP contribution in [0.25, 0.3) is 0 Å². The van der Waals surface area contributed by atoms with Gasteiger partial charge in [-0.3, -0.25) is 0 Å². The van der Waals surface area contributed by atoms with Crippen LogP contribution in [0.1, 0.15) is 71.6 Å². The zero-order chi connectivity index (χ0) is 13.0. The molecule has 1 atom stereocenters. The minimum Gasteiger partial charge on any atom is -0.377 e. The van der Waals surface area contributed by atoms with Gasteiger partial charge in [0.15, 0.2) is 0 Å². The molecule has 0 radical (unpaired) electrons. The first-order valence-corrected chi connectivity index (χ1v) is 7.94. The highest BCUT2D eigenvalue weighted by Gasteiger charge is 2.28. The standard InChI is InChI=1S/C16H31NO/c1-16(2)10-8-14(9-11-16)18-12-15(17)13-6-4-3-5-7-13/h13-15H,3-12,17H2,1-2H3. The van der Waals surface area contributed by atoms with Crippen molar-refractivity contribution < 1.29 is 4.74 Å². The van der Waals surface area contributed by atoms with Crippen molar-refractivity contribution >= 4 is 0 Å². The first kappa shape index (κ1) is 14.3. The van der Waals surface area contributed by atoms with Crippen molar-refractivity contribution in [2.75, 3.05) is 6.61 Å². The van der Waals surface area contributed by atoms with E-state index in [1.54, 1.807) is 0 Å². The van der Waals surface area contributed by atoms with E-state index in [1.807, 2.05) is 0 Å². The molecule has 0 aliphatic heterocycles. The fourth-order valence-corrected chi connectivity index (χ4v) is 3.49. The molecule has 0 heterocycles. The molecule has 2 saturated carbocycles. The van der Waals surface area contributed by atoms with Gasteiger partial charge < -0.3 is 10.5 Å². The number of ether oxygens (including phenoxy) is 1. The summed E-state index contributed by atoms with van der Waals surface area (Å²) in [5.41, 5.74) is 6.83. The zero-order valence-electron chi connectivity index (χ0n) is 12.3. The lowest BCUT2D eigenvalue weighted by Crippen LogP contribution is -2.38. The van der Waals surface area contributed by atoms with Crippen molar-refractivity contribution in [3.8, 4) is 0 Å². The number of nitrogens with two attached hydrogens (primary N) is 1. The van der Waals surface area contributed by atoms with Crippen LogP contribution < -0.4 is 5.73 Å². The van der Waals surface area contributed by atoms with E-state index in [1.165, 1.54) is 57.8 Å². The third-order valence-electron chi connectivity index (χ3n) is 5.07. The minimum absolute atomic E-state index is 0.278. The van der Waals surface area contributed by atoms with Crippen LogP contribution in [0.5, 0.6) is 0 Å². The van der Waals surface area contributed by atoms with E-state index in [0.717, 1.165) is 12.5 Å². The maximum atomic E-state index is 6.29. The molecule has 2 aliphatic rings. The molecule has 0 saturated heterocycles. The molecule has 0 aromatic carbocycles. The zero-order valence-corrected chi connectivity index (χ0v) is 12.3. The quantitative estimate of drug-likeness (QED) is 0.825. The maximum Gasteiger partial charge on any atom is 0.0623 e. The molecule has 0 spiro atoms. The smallest absolute Gasteiger partial charge is 0.0623 e. The summed E-state index contributed by atoms with van der Waals surface area (Å²) in [6.07, 6.45) is 12.3. The van der Waals surface area contributed by atoms with Crippen molar-refractivity contribution in [2.24, 2.45) is 17.1 Å². The van der Waals surface area contributed by atoms with Crippen LogP contribution in [0.3, 0.4) is 0 Å². The molecule has 18 heavy (non-hydrogen) atoms. The molecular weight excluding hydrogens is 222 g/mol. The molecule has 2 fully saturated rings. The van der Waals surface area contributed by atoms with Gasteiger partial charge in [-0.15, -0.1) is 0 Å². The summed E-state index contributed by atoms with van der Waals surface area (Å²) in [7, 11) is 0. The van der Waals surface area contributed by atoms with Crippen LogP contribution >= 0.6 is 0 Å². The van der Waals surface area contributed by atoms with Gasteiger partial charge in [-0.1, -0.05) is 33.1 Å². The fourth-order valence-electron chi connectivity index (χ4n) is 3.49. The Hall–Kier alpha value is -0.0800. The Kier molecular flexibility index (Phi) is 5.08. The molecule has 0 aromatic rings. The summed E-state index contributed by atoms with van der Waals surface area (Å²) in [6, 6.07) is 0.278. The van der Waals surface area contributed by atoms with E-state index in [9.17, 15) is 0 Å². The predicted octanol–water partition coefficient (Wildman–Crippen LogP) is 3.88. The number of hydrogen-bond donors (Lipinski definition) is 1. The van der Waals surface area contributed by atoms with Crippen LogP contribution in [0.2, 0.25) is 0 Å². The average Bonchev–Trinajstić information content (AvgIpc) is 2.38. The second kappa shape index (κ2) is 6.38. The third-order valence-corrected chi connectivity index (χ3v) is 5.07. The van der Waals surface area contributed by atoms with Crippen LogP contribution in [0, 0.1) is 11.3 Å².